The minimum absolute atomic E-state index is 0.403. The monoisotopic (exact) mass is 255 g/mol. The largest absolute Gasteiger partial charge is 0.492 e. The van der Waals surface area contributed by atoms with Gasteiger partial charge in [0.15, 0.2) is 0 Å². The fourth-order valence-corrected chi connectivity index (χ4v) is 1.71. The number of rotatable bonds is 5. The lowest BCUT2D eigenvalue weighted by atomic mass is 10.1. The molecule has 1 aromatic carbocycles. The summed E-state index contributed by atoms with van der Waals surface area (Å²) in [5.74, 6) is 0.152. The van der Waals surface area contributed by atoms with Gasteiger partial charge in [-0.2, -0.15) is 0 Å². The highest BCUT2D eigenvalue weighted by molar-refractivity contribution is 6.32. The van der Waals surface area contributed by atoms with Gasteiger partial charge in [-0.05, 0) is 36.5 Å². The van der Waals surface area contributed by atoms with Crippen molar-refractivity contribution in [2.45, 2.75) is 18.9 Å². The second-order valence-electron chi connectivity index (χ2n) is 4.26. The molecule has 0 radical (unpaired) electrons. The van der Waals surface area contributed by atoms with Crippen LogP contribution >= 0.6 is 11.6 Å². The van der Waals surface area contributed by atoms with Gasteiger partial charge in [0.25, 0.3) is 0 Å². The SMILES string of the molecule is NC(C(=O)O)c1ccc(OCC2CC2)c(Cl)c1. The Kier molecular flexibility index (Phi) is 3.54. The topological polar surface area (TPSA) is 72.6 Å². The lowest BCUT2D eigenvalue weighted by molar-refractivity contribution is -0.138. The summed E-state index contributed by atoms with van der Waals surface area (Å²) >= 11 is 6.01. The van der Waals surface area contributed by atoms with Crippen LogP contribution in [0.25, 0.3) is 0 Å². The molecule has 2 rings (SSSR count). The molecule has 0 amide bonds. The van der Waals surface area contributed by atoms with E-state index in [0.717, 1.165) is 0 Å². The molecule has 1 aromatic rings. The van der Waals surface area contributed by atoms with Crippen LogP contribution < -0.4 is 10.5 Å². The molecule has 1 fully saturated rings. The third-order valence-electron chi connectivity index (χ3n) is 2.75. The molecule has 0 heterocycles. The van der Waals surface area contributed by atoms with Crippen LogP contribution in [0.3, 0.4) is 0 Å². The highest BCUT2D eigenvalue weighted by Gasteiger charge is 2.22. The molecule has 3 N–H and O–H groups in total. The van der Waals surface area contributed by atoms with E-state index in [1.165, 1.54) is 12.8 Å². The second-order valence-corrected chi connectivity index (χ2v) is 4.67. The number of benzene rings is 1. The number of carboxylic acids is 1. The molecule has 92 valence electrons. The molecule has 1 saturated carbocycles. The maximum absolute atomic E-state index is 10.7. The van der Waals surface area contributed by atoms with Crippen molar-refractivity contribution in [2.24, 2.45) is 11.7 Å². The predicted octanol–water partition coefficient (Wildman–Crippen LogP) is 2.21. The van der Waals surface area contributed by atoms with Gasteiger partial charge in [-0.25, -0.2) is 0 Å². The molecule has 1 atom stereocenters. The van der Waals surface area contributed by atoms with Gasteiger partial charge < -0.3 is 15.6 Å². The van der Waals surface area contributed by atoms with Crippen molar-refractivity contribution in [3.8, 4) is 5.75 Å². The summed E-state index contributed by atoms with van der Waals surface area (Å²) in [6.07, 6.45) is 2.42. The number of carbonyl (C=O) groups is 1. The van der Waals surface area contributed by atoms with Gasteiger partial charge in [-0.1, -0.05) is 17.7 Å². The second kappa shape index (κ2) is 4.94. The third kappa shape index (κ3) is 3.11. The fraction of sp³-hybridized carbons (Fsp3) is 0.417. The Morgan fingerprint density at radius 1 is 1.59 bits per heavy atom. The Morgan fingerprint density at radius 3 is 2.82 bits per heavy atom. The van der Waals surface area contributed by atoms with E-state index < -0.39 is 12.0 Å². The molecule has 17 heavy (non-hydrogen) atoms. The van der Waals surface area contributed by atoms with Crippen molar-refractivity contribution < 1.29 is 14.6 Å². The van der Waals surface area contributed by atoms with E-state index >= 15 is 0 Å². The van der Waals surface area contributed by atoms with Crippen LogP contribution in [-0.4, -0.2) is 17.7 Å². The van der Waals surface area contributed by atoms with Crippen LogP contribution in [0.2, 0.25) is 5.02 Å². The zero-order valence-electron chi connectivity index (χ0n) is 9.23. The van der Waals surface area contributed by atoms with Gasteiger partial charge >= 0.3 is 5.97 Å². The Morgan fingerprint density at radius 2 is 2.29 bits per heavy atom. The first-order chi connectivity index (χ1) is 8.08. The molecule has 0 bridgehead atoms. The Hall–Kier alpha value is -1.26. The number of nitrogens with two attached hydrogens (primary N) is 1. The Balaban J connectivity index is 2.07. The molecular formula is C12H14ClNO3. The number of hydrogen-bond acceptors (Lipinski definition) is 3. The van der Waals surface area contributed by atoms with Gasteiger partial charge in [-0.3, -0.25) is 4.79 Å². The van der Waals surface area contributed by atoms with Crippen LogP contribution in [0.15, 0.2) is 18.2 Å². The van der Waals surface area contributed by atoms with Gasteiger partial charge in [0, 0.05) is 0 Å². The first kappa shape index (κ1) is 12.2. The molecule has 1 aliphatic carbocycles. The number of ether oxygens (including phenoxy) is 1. The normalized spacial score (nSPS) is 16.6. The summed E-state index contributed by atoms with van der Waals surface area (Å²) in [5, 5.41) is 9.18. The van der Waals surface area contributed by atoms with E-state index in [1.807, 2.05) is 0 Å². The molecule has 0 spiro atoms. The van der Waals surface area contributed by atoms with Crippen molar-refractivity contribution >= 4 is 17.6 Å². The van der Waals surface area contributed by atoms with Gasteiger partial charge in [0.2, 0.25) is 0 Å². The van der Waals surface area contributed by atoms with Crippen molar-refractivity contribution in [2.75, 3.05) is 6.61 Å². The van der Waals surface area contributed by atoms with E-state index in [9.17, 15) is 4.79 Å². The lowest BCUT2D eigenvalue weighted by Gasteiger charge is -2.11. The number of hydrogen-bond donors (Lipinski definition) is 2. The summed E-state index contributed by atoms with van der Waals surface area (Å²) in [5.41, 5.74) is 5.96. The van der Waals surface area contributed by atoms with Crippen molar-refractivity contribution in [1.29, 1.82) is 0 Å². The molecule has 0 saturated heterocycles. The van der Waals surface area contributed by atoms with E-state index in [2.05, 4.69) is 0 Å². The quantitative estimate of drug-likeness (QED) is 0.846. The van der Waals surface area contributed by atoms with Crippen LogP contribution in [0.1, 0.15) is 24.4 Å². The first-order valence-corrected chi connectivity index (χ1v) is 5.86. The molecule has 4 nitrogen and oxygen atoms in total. The summed E-state index contributed by atoms with van der Waals surface area (Å²) in [7, 11) is 0. The average Bonchev–Trinajstić information content (AvgIpc) is 3.10. The summed E-state index contributed by atoms with van der Waals surface area (Å²) in [6.45, 7) is 0.671. The van der Waals surface area contributed by atoms with Gasteiger partial charge in [0.1, 0.15) is 11.8 Å². The van der Waals surface area contributed by atoms with Crippen molar-refractivity contribution in [1.82, 2.24) is 0 Å². The standard InChI is InChI=1S/C12H14ClNO3/c13-9-5-8(11(14)12(15)16)3-4-10(9)17-6-7-1-2-7/h3-5,7,11H,1-2,6,14H2,(H,15,16). The number of halogens is 1. The smallest absolute Gasteiger partial charge is 0.325 e. The maximum atomic E-state index is 10.7. The summed E-state index contributed by atoms with van der Waals surface area (Å²) in [6, 6.07) is 3.79. The third-order valence-corrected chi connectivity index (χ3v) is 3.05. The number of carboxylic acid groups (broad SMARTS) is 1. The molecular weight excluding hydrogens is 242 g/mol. The lowest BCUT2D eigenvalue weighted by Crippen LogP contribution is -2.20. The maximum Gasteiger partial charge on any atom is 0.325 e. The van der Waals surface area contributed by atoms with Crippen LogP contribution in [-0.2, 0) is 4.79 Å². The van der Waals surface area contributed by atoms with Crippen LogP contribution in [0.4, 0.5) is 0 Å². The molecule has 0 aliphatic heterocycles. The zero-order chi connectivity index (χ0) is 12.4. The van der Waals surface area contributed by atoms with E-state index in [4.69, 9.17) is 27.2 Å². The van der Waals surface area contributed by atoms with E-state index in [-0.39, 0.29) is 0 Å². The van der Waals surface area contributed by atoms with E-state index in [1.54, 1.807) is 18.2 Å². The highest BCUT2D eigenvalue weighted by atomic mass is 35.5. The Bertz CT molecular complexity index is 432. The predicted molar refractivity (Wildman–Crippen MR) is 64.2 cm³/mol. The van der Waals surface area contributed by atoms with Gasteiger partial charge in [-0.15, -0.1) is 0 Å². The average molecular weight is 256 g/mol. The van der Waals surface area contributed by atoms with E-state index in [0.29, 0.717) is 28.9 Å². The van der Waals surface area contributed by atoms with Crippen LogP contribution in [0.5, 0.6) is 5.75 Å². The molecule has 5 heteroatoms. The number of aliphatic carboxylic acids is 1. The first-order valence-electron chi connectivity index (χ1n) is 5.48. The highest BCUT2D eigenvalue weighted by Crippen LogP contribution is 2.32. The molecule has 1 unspecified atom stereocenters. The Labute approximate surface area is 104 Å². The molecule has 0 aromatic heterocycles. The van der Waals surface area contributed by atoms with Crippen molar-refractivity contribution in [3.05, 3.63) is 28.8 Å². The van der Waals surface area contributed by atoms with Crippen molar-refractivity contribution in [3.63, 3.8) is 0 Å². The fourth-order valence-electron chi connectivity index (χ4n) is 1.46. The van der Waals surface area contributed by atoms with Crippen LogP contribution in [0, 0.1) is 5.92 Å². The molecule has 1 aliphatic rings. The summed E-state index contributed by atoms with van der Waals surface area (Å²) < 4.78 is 5.54. The minimum atomic E-state index is -1.08. The zero-order valence-corrected chi connectivity index (χ0v) is 9.98. The van der Waals surface area contributed by atoms with Gasteiger partial charge in [0.05, 0.1) is 11.6 Å². The minimum Gasteiger partial charge on any atom is -0.492 e. The summed E-state index contributed by atoms with van der Waals surface area (Å²) in [4.78, 5) is 10.7.